The largest absolute Gasteiger partial charge is 0.366 e. The van der Waals surface area contributed by atoms with Crippen molar-refractivity contribution in [2.75, 3.05) is 0 Å². The van der Waals surface area contributed by atoms with Gasteiger partial charge < -0.3 is 15.6 Å². The molecule has 0 bridgehead atoms. The van der Waals surface area contributed by atoms with Crippen LogP contribution in [0.3, 0.4) is 0 Å². The van der Waals surface area contributed by atoms with E-state index in [0.717, 1.165) is 11.4 Å². The summed E-state index contributed by atoms with van der Waals surface area (Å²) in [4.78, 5) is 10.9. The molecule has 0 atom stereocenters. The number of aryl methyl sites for hydroxylation is 1. The number of rotatable bonds is 5. The summed E-state index contributed by atoms with van der Waals surface area (Å²) < 4.78 is 1.86. The van der Waals surface area contributed by atoms with Crippen molar-refractivity contribution >= 4 is 5.91 Å². The topological polar surface area (TPSA) is 85.8 Å². The van der Waals surface area contributed by atoms with Crippen molar-refractivity contribution in [2.45, 2.75) is 13.1 Å². The summed E-state index contributed by atoms with van der Waals surface area (Å²) in [5, 5.41) is 11.0. The van der Waals surface area contributed by atoms with Crippen molar-refractivity contribution < 1.29 is 4.79 Å². The minimum Gasteiger partial charge on any atom is -0.366 e. The van der Waals surface area contributed by atoms with E-state index in [1.165, 1.54) is 0 Å². The molecular weight excluding hydrogens is 230 g/mol. The summed E-state index contributed by atoms with van der Waals surface area (Å²) in [5.41, 5.74) is 6.78. The molecule has 0 unspecified atom stereocenters. The Bertz CT molecular complexity index is 532. The molecule has 6 nitrogen and oxygen atoms in total. The fourth-order valence-corrected chi connectivity index (χ4v) is 1.57. The summed E-state index contributed by atoms with van der Waals surface area (Å²) in [6.45, 7) is 1.35. The van der Waals surface area contributed by atoms with Crippen molar-refractivity contribution in [3.63, 3.8) is 0 Å². The quantitative estimate of drug-likeness (QED) is 0.788. The molecule has 18 heavy (non-hydrogen) atoms. The Kier molecular flexibility index (Phi) is 3.69. The Hall–Kier alpha value is -2.21. The number of aromatic nitrogens is 3. The maximum absolute atomic E-state index is 10.9. The zero-order valence-corrected chi connectivity index (χ0v) is 10.1. The molecule has 1 aromatic heterocycles. The van der Waals surface area contributed by atoms with Gasteiger partial charge in [0.15, 0.2) is 0 Å². The Morgan fingerprint density at radius 2 is 2.06 bits per heavy atom. The van der Waals surface area contributed by atoms with Gasteiger partial charge in [-0.3, -0.25) is 4.79 Å². The van der Waals surface area contributed by atoms with Crippen LogP contribution in [0.25, 0.3) is 0 Å². The van der Waals surface area contributed by atoms with Gasteiger partial charge in [-0.1, -0.05) is 12.1 Å². The van der Waals surface area contributed by atoms with Crippen LogP contribution in [0.2, 0.25) is 0 Å². The van der Waals surface area contributed by atoms with Crippen molar-refractivity contribution in [1.82, 2.24) is 20.1 Å². The summed E-state index contributed by atoms with van der Waals surface area (Å²) in [7, 11) is 1.90. The number of nitrogens with one attached hydrogen (secondary N) is 1. The van der Waals surface area contributed by atoms with Gasteiger partial charge in [0, 0.05) is 19.2 Å². The molecule has 0 saturated carbocycles. The number of hydrogen-bond acceptors (Lipinski definition) is 4. The number of hydrogen-bond donors (Lipinski definition) is 2. The molecule has 6 heteroatoms. The molecule has 0 aliphatic heterocycles. The average Bonchev–Trinajstić information content (AvgIpc) is 2.76. The second-order valence-corrected chi connectivity index (χ2v) is 4.02. The summed E-state index contributed by atoms with van der Waals surface area (Å²) in [6.07, 6.45) is 1.67. The zero-order valence-electron chi connectivity index (χ0n) is 10.1. The zero-order chi connectivity index (χ0) is 13.0. The van der Waals surface area contributed by atoms with Gasteiger partial charge in [0.2, 0.25) is 5.91 Å². The predicted molar refractivity (Wildman–Crippen MR) is 66.5 cm³/mol. The van der Waals surface area contributed by atoms with Crippen LogP contribution in [0.5, 0.6) is 0 Å². The first-order valence-electron chi connectivity index (χ1n) is 5.59. The third-order valence-electron chi connectivity index (χ3n) is 2.66. The van der Waals surface area contributed by atoms with Gasteiger partial charge in [0.1, 0.15) is 12.2 Å². The molecule has 2 rings (SSSR count). The highest BCUT2D eigenvalue weighted by molar-refractivity contribution is 5.92. The number of benzene rings is 1. The lowest BCUT2D eigenvalue weighted by atomic mass is 10.1. The van der Waals surface area contributed by atoms with Crippen LogP contribution in [-0.2, 0) is 20.1 Å². The maximum atomic E-state index is 10.9. The molecule has 1 aromatic carbocycles. The monoisotopic (exact) mass is 245 g/mol. The van der Waals surface area contributed by atoms with Crippen LogP contribution in [0.4, 0.5) is 0 Å². The minimum absolute atomic E-state index is 0.409. The third-order valence-corrected chi connectivity index (χ3v) is 2.66. The molecule has 1 amide bonds. The van der Waals surface area contributed by atoms with Gasteiger partial charge in [-0.15, -0.1) is 10.2 Å². The van der Waals surface area contributed by atoms with Gasteiger partial charge in [0.05, 0.1) is 6.54 Å². The minimum atomic E-state index is -0.409. The average molecular weight is 245 g/mol. The lowest BCUT2D eigenvalue weighted by molar-refractivity contribution is 0.100. The molecule has 0 saturated heterocycles. The van der Waals surface area contributed by atoms with Gasteiger partial charge >= 0.3 is 0 Å². The van der Waals surface area contributed by atoms with Gasteiger partial charge in [-0.25, -0.2) is 0 Å². The highest BCUT2D eigenvalue weighted by atomic mass is 16.1. The molecule has 94 valence electrons. The first kappa shape index (κ1) is 12.3. The van der Waals surface area contributed by atoms with E-state index in [4.69, 9.17) is 5.73 Å². The second kappa shape index (κ2) is 5.42. The van der Waals surface area contributed by atoms with Crippen LogP contribution in [0.1, 0.15) is 21.7 Å². The summed E-state index contributed by atoms with van der Waals surface area (Å²) >= 11 is 0. The molecule has 0 fully saturated rings. The molecular formula is C12H15N5O. The van der Waals surface area contributed by atoms with E-state index >= 15 is 0 Å². The smallest absolute Gasteiger partial charge is 0.248 e. The Morgan fingerprint density at radius 1 is 1.33 bits per heavy atom. The SMILES string of the molecule is Cn1cnnc1CNCc1ccc(C(N)=O)cc1. The van der Waals surface area contributed by atoms with Crippen molar-refractivity contribution in [3.05, 3.63) is 47.5 Å². The van der Waals surface area contributed by atoms with E-state index in [1.807, 2.05) is 23.7 Å². The fourth-order valence-electron chi connectivity index (χ4n) is 1.57. The van der Waals surface area contributed by atoms with E-state index in [0.29, 0.717) is 18.7 Å². The molecule has 0 radical (unpaired) electrons. The third kappa shape index (κ3) is 2.92. The molecule has 3 N–H and O–H groups in total. The normalized spacial score (nSPS) is 10.5. The highest BCUT2D eigenvalue weighted by Gasteiger charge is 2.01. The molecule has 1 heterocycles. The van der Waals surface area contributed by atoms with Crippen molar-refractivity contribution in [3.8, 4) is 0 Å². The maximum Gasteiger partial charge on any atom is 0.248 e. The van der Waals surface area contributed by atoms with Crippen LogP contribution in [0.15, 0.2) is 30.6 Å². The molecule has 2 aromatic rings. The van der Waals surface area contributed by atoms with Crippen LogP contribution in [-0.4, -0.2) is 20.7 Å². The van der Waals surface area contributed by atoms with Gasteiger partial charge in [0.25, 0.3) is 0 Å². The predicted octanol–water partition coefficient (Wildman–Crippen LogP) is 0.204. The number of carbonyl (C=O) groups is 1. The molecule has 0 aliphatic carbocycles. The highest BCUT2D eigenvalue weighted by Crippen LogP contribution is 2.03. The molecule has 0 aliphatic rings. The Balaban J connectivity index is 1.87. The van der Waals surface area contributed by atoms with Gasteiger partial charge in [-0.2, -0.15) is 0 Å². The number of carbonyl (C=O) groups excluding carboxylic acids is 1. The van der Waals surface area contributed by atoms with Crippen molar-refractivity contribution in [2.24, 2.45) is 12.8 Å². The van der Waals surface area contributed by atoms with Crippen LogP contribution in [0, 0.1) is 0 Å². The summed E-state index contributed by atoms with van der Waals surface area (Å²) in [5.74, 6) is 0.470. The standard InChI is InChI=1S/C12H15N5O/c1-17-8-15-16-11(17)7-14-6-9-2-4-10(5-3-9)12(13)18/h2-5,8,14H,6-7H2,1H3,(H2,13,18). The number of nitrogens with two attached hydrogens (primary N) is 1. The fraction of sp³-hybridized carbons (Fsp3) is 0.250. The van der Waals surface area contributed by atoms with E-state index in [9.17, 15) is 4.79 Å². The van der Waals surface area contributed by atoms with Crippen molar-refractivity contribution in [1.29, 1.82) is 0 Å². The lowest BCUT2D eigenvalue weighted by Gasteiger charge is -2.05. The van der Waals surface area contributed by atoms with Crippen LogP contribution < -0.4 is 11.1 Å². The van der Waals surface area contributed by atoms with E-state index in [2.05, 4.69) is 15.5 Å². The first-order chi connectivity index (χ1) is 8.66. The van der Waals surface area contributed by atoms with Crippen LogP contribution >= 0.6 is 0 Å². The molecule has 0 spiro atoms. The Labute approximate surface area is 105 Å². The first-order valence-corrected chi connectivity index (χ1v) is 5.59. The second-order valence-electron chi connectivity index (χ2n) is 4.02. The van der Waals surface area contributed by atoms with E-state index in [-0.39, 0.29) is 0 Å². The summed E-state index contributed by atoms with van der Waals surface area (Å²) in [6, 6.07) is 7.21. The number of primary amides is 1. The van der Waals surface area contributed by atoms with E-state index < -0.39 is 5.91 Å². The van der Waals surface area contributed by atoms with Gasteiger partial charge in [-0.05, 0) is 17.7 Å². The number of amides is 1. The lowest BCUT2D eigenvalue weighted by Crippen LogP contribution is -2.16. The van der Waals surface area contributed by atoms with E-state index in [1.54, 1.807) is 18.5 Å². The number of nitrogens with zero attached hydrogens (tertiary/aromatic N) is 3. The Morgan fingerprint density at radius 3 is 2.61 bits per heavy atom.